The van der Waals surface area contributed by atoms with Crippen LogP contribution >= 0.6 is 11.3 Å². The molecule has 5 heterocycles. The second-order valence-corrected chi connectivity index (χ2v) is 12.7. The zero-order chi connectivity index (χ0) is 28.4. The number of amides is 3. The average Bonchev–Trinajstić information content (AvgIpc) is 3.56. The van der Waals surface area contributed by atoms with Crippen molar-refractivity contribution >= 4 is 51.0 Å². The fraction of sp³-hybridized carbons (Fsp3) is 0.481. The van der Waals surface area contributed by atoms with Crippen LogP contribution in [0.3, 0.4) is 0 Å². The summed E-state index contributed by atoms with van der Waals surface area (Å²) in [5.41, 5.74) is -0.152. The summed E-state index contributed by atoms with van der Waals surface area (Å²) in [6, 6.07) is 3.22. The van der Waals surface area contributed by atoms with Gasteiger partial charge < -0.3 is 25.6 Å². The third kappa shape index (κ3) is 4.47. The van der Waals surface area contributed by atoms with Gasteiger partial charge in [0.1, 0.15) is 39.6 Å². The van der Waals surface area contributed by atoms with E-state index in [9.17, 15) is 19.2 Å². The van der Waals surface area contributed by atoms with E-state index in [1.54, 1.807) is 42.4 Å². The van der Waals surface area contributed by atoms with Crippen LogP contribution in [0.25, 0.3) is 10.2 Å². The molecule has 1 saturated heterocycles. The number of hydrogen-bond donors (Lipinski definition) is 3. The van der Waals surface area contributed by atoms with Gasteiger partial charge in [-0.05, 0) is 71.1 Å². The number of anilines is 2. The highest BCUT2D eigenvalue weighted by Crippen LogP contribution is 2.39. The van der Waals surface area contributed by atoms with Crippen molar-refractivity contribution < 1.29 is 19.1 Å². The second kappa shape index (κ2) is 9.29. The Kier molecular flexibility index (Phi) is 6.09. The van der Waals surface area contributed by atoms with Gasteiger partial charge in [-0.2, -0.15) is 0 Å². The molecule has 3 aliphatic rings. The first kappa shape index (κ1) is 26.2. The minimum atomic E-state index is -0.678. The molecule has 0 atom stereocenters. The van der Waals surface area contributed by atoms with Crippen LogP contribution in [0.5, 0.6) is 0 Å². The lowest BCUT2D eigenvalue weighted by Gasteiger charge is -2.39. The lowest BCUT2D eigenvalue weighted by molar-refractivity contribution is 0.0361. The predicted octanol–water partition coefficient (Wildman–Crippen LogP) is 3.22. The Balaban J connectivity index is 1.22. The maximum atomic E-state index is 13.7. The summed E-state index contributed by atoms with van der Waals surface area (Å²) in [5.74, 6) is 0.0172. The number of carbonyl (C=O) groups excluding carboxylic acids is 3. The normalized spacial score (nSPS) is 18.0. The number of fused-ring (bicyclic) bond motifs is 3. The molecule has 1 spiro atoms. The van der Waals surface area contributed by atoms with E-state index >= 15 is 0 Å². The van der Waals surface area contributed by atoms with Gasteiger partial charge in [0.15, 0.2) is 0 Å². The van der Waals surface area contributed by atoms with Crippen LogP contribution in [0.4, 0.5) is 16.3 Å². The standard InChI is InChI=1S/C27H31N7O5S/c1-14-9-17(23(36)34-19(14)21(35)32-27(34)7-5-6-8-27)31-20-16-10-18(40-22(16)29-13-28-20)24(37)33-11-15(12-33)30-25(38)39-26(2,3)4/h9-10,13,15H,5-8,11-12H2,1-4H3,(H,30,38)(H,32,35)(H,28,29,31). The van der Waals surface area contributed by atoms with Crippen LogP contribution in [0.15, 0.2) is 23.3 Å². The summed E-state index contributed by atoms with van der Waals surface area (Å²) >= 11 is 1.24. The first-order valence-corrected chi connectivity index (χ1v) is 14.2. The number of nitrogens with one attached hydrogen (secondary N) is 3. The van der Waals surface area contributed by atoms with Gasteiger partial charge in [-0.3, -0.25) is 19.0 Å². The van der Waals surface area contributed by atoms with Gasteiger partial charge in [0.05, 0.1) is 16.3 Å². The van der Waals surface area contributed by atoms with Crippen molar-refractivity contribution in [2.45, 2.75) is 70.7 Å². The van der Waals surface area contributed by atoms with Gasteiger partial charge in [-0.15, -0.1) is 11.3 Å². The van der Waals surface area contributed by atoms with Gasteiger partial charge >= 0.3 is 6.09 Å². The molecule has 3 aromatic heterocycles. The largest absolute Gasteiger partial charge is 0.444 e. The van der Waals surface area contributed by atoms with Crippen molar-refractivity contribution in [3.05, 3.63) is 44.9 Å². The fourth-order valence-electron chi connectivity index (χ4n) is 5.71. The molecule has 3 N–H and O–H groups in total. The lowest BCUT2D eigenvalue weighted by atomic mass is 10.1. The fourth-order valence-corrected chi connectivity index (χ4v) is 6.68. The summed E-state index contributed by atoms with van der Waals surface area (Å²) in [5, 5.41) is 9.62. The summed E-state index contributed by atoms with van der Waals surface area (Å²) in [7, 11) is 0. The van der Waals surface area contributed by atoms with Crippen LogP contribution < -0.4 is 21.5 Å². The number of nitrogens with zero attached hydrogens (tertiary/aromatic N) is 4. The predicted molar refractivity (Wildman–Crippen MR) is 149 cm³/mol. The van der Waals surface area contributed by atoms with E-state index in [0.29, 0.717) is 63.8 Å². The van der Waals surface area contributed by atoms with E-state index in [4.69, 9.17) is 4.74 Å². The molecule has 3 aromatic rings. The molecule has 2 aliphatic heterocycles. The Hall–Kier alpha value is -4.00. The van der Waals surface area contributed by atoms with E-state index in [0.717, 1.165) is 12.8 Å². The monoisotopic (exact) mass is 565 g/mol. The number of pyridine rings is 1. The van der Waals surface area contributed by atoms with Gasteiger partial charge in [0, 0.05) is 13.1 Å². The smallest absolute Gasteiger partial charge is 0.407 e. The molecule has 0 radical (unpaired) electrons. The quantitative estimate of drug-likeness (QED) is 0.437. The van der Waals surface area contributed by atoms with Crippen molar-refractivity contribution in [3.8, 4) is 0 Å². The summed E-state index contributed by atoms with van der Waals surface area (Å²) in [4.78, 5) is 63.0. The summed E-state index contributed by atoms with van der Waals surface area (Å²) in [6.07, 6.45) is 4.20. The minimum Gasteiger partial charge on any atom is -0.444 e. The summed E-state index contributed by atoms with van der Waals surface area (Å²) in [6.45, 7) is 7.96. The Morgan fingerprint density at radius 2 is 1.88 bits per heavy atom. The number of rotatable bonds is 4. The molecule has 0 aromatic carbocycles. The maximum Gasteiger partial charge on any atom is 0.407 e. The van der Waals surface area contributed by atoms with Crippen LogP contribution in [0.2, 0.25) is 0 Å². The number of ether oxygens (including phenoxy) is 1. The molecule has 210 valence electrons. The second-order valence-electron chi connectivity index (χ2n) is 11.7. The molecule has 0 unspecified atom stereocenters. The van der Waals surface area contributed by atoms with E-state index in [-0.39, 0.29) is 23.4 Å². The zero-order valence-corrected chi connectivity index (χ0v) is 23.6. The first-order valence-electron chi connectivity index (χ1n) is 13.3. The first-order chi connectivity index (χ1) is 18.9. The van der Waals surface area contributed by atoms with Crippen LogP contribution in [0.1, 0.15) is 72.2 Å². The average molecular weight is 566 g/mol. The van der Waals surface area contributed by atoms with Gasteiger partial charge in [0.2, 0.25) is 0 Å². The number of thiophene rings is 1. The highest BCUT2D eigenvalue weighted by atomic mass is 32.1. The Morgan fingerprint density at radius 3 is 2.58 bits per heavy atom. The third-order valence-corrected chi connectivity index (χ3v) is 8.53. The maximum absolute atomic E-state index is 13.7. The van der Waals surface area contributed by atoms with Crippen molar-refractivity contribution in [1.29, 1.82) is 0 Å². The number of aromatic nitrogens is 3. The molecule has 1 saturated carbocycles. The van der Waals surface area contributed by atoms with Crippen LogP contribution in [-0.4, -0.2) is 62.1 Å². The van der Waals surface area contributed by atoms with E-state index in [1.165, 1.54) is 17.7 Å². The topological polar surface area (TPSA) is 148 Å². The molecule has 1 aliphatic carbocycles. The summed E-state index contributed by atoms with van der Waals surface area (Å²) < 4.78 is 6.90. The van der Waals surface area contributed by atoms with Crippen molar-refractivity contribution in [3.63, 3.8) is 0 Å². The molecule has 40 heavy (non-hydrogen) atoms. The number of hydrogen-bond acceptors (Lipinski definition) is 9. The number of aryl methyl sites for hydroxylation is 1. The Morgan fingerprint density at radius 1 is 1.15 bits per heavy atom. The van der Waals surface area contributed by atoms with Crippen LogP contribution in [0, 0.1) is 6.92 Å². The highest BCUT2D eigenvalue weighted by Gasteiger charge is 2.46. The van der Waals surface area contributed by atoms with E-state index in [1.807, 2.05) is 6.92 Å². The molecule has 13 heteroatoms. The Labute approximate surface area is 234 Å². The molecule has 12 nitrogen and oxygen atoms in total. The van der Waals surface area contributed by atoms with Crippen molar-refractivity contribution in [2.75, 3.05) is 18.4 Å². The van der Waals surface area contributed by atoms with Crippen molar-refractivity contribution in [2.24, 2.45) is 0 Å². The van der Waals surface area contributed by atoms with E-state index < -0.39 is 17.4 Å². The van der Waals surface area contributed by atoms with E-state index in [2.05, 4.69) is 25.9 Å². The Bertz CT molecular complexity index is 1610. The van der Waals surface area contributed by atoms with Gasteiger partial charge in [0.25, 0.3) is 17.4 Å². The zero-order valence-electron chi connectivity index (χ0n) is 22.8. The van der Waals surface area contributed by atoms with Gasteiger partial charge in [-0.1, -0.05) is 0 Å². The minimum absolute atomic E-state index is 0.169. The number of alkyl carbamates (subject to hydrolysis) is 1. The molecule has 0 bridgehead atoms. The number of carbonyl (C=O) groups is 3. The van der Waals surface area contributed by atoms with Crippen molar-refractivity contribution in [1.82, 2.24) is 30.1 Å². The SMILES string of the molecule is Cc1cc(Nc2ncnc3sc(C(=O)N4CC(NC(=O)OC(C)(C)C)C4)cc23)c(=O)n2c1C(=O)NC21CCCC1. The third-order valence-electron chi connectivity index (χ3n) is 7.49. The molecular weight excluding hydrogens is 534 g/mol. The lowest BCUT2D eigenvalue weighted by Crippen LogP contribution is -2.61. The molecule has 3 amide bonds. The highest BCUT2D eigenvalue weighted by molar-refractivity contribution is 7.20. The molecule has 2 fully saturated rings. The van der Waals surface area contributed by atoms with Gasteiger partial charge in [-0.25, -0.2) is 14.8 Å². The number of likely N-dealkylation sites (tertiary alicyclic amines) is 1. The van der Waals surface area contributed by atoms with Crippen LogP contribution in [-0.2, 0) is 10.4 Å². The molecular formula is C27H31N7O5S. The molecule has 6 rings (SSSR count).